The van der Waals surface area contributed by atoms with Gasteiger partial charge in [-0.1, -0.05) is 97.1 Å². The van der Waals surface area contributed by atoms with Crippen molar-refractivity contribution in [3.63, 3.8) is 0 Å². The molecule has 3 heterocycles. The largest absolute Gasteiger partial charge is 0.363 e. The second kappa shape index (κ2) is 9.30. The highest BCUT2D eigenvalue weighted by atomic mass is 32.1. The average molecular weight is 558 g/mol. The lowest BCUT2D eigenvalue weighted by atomic mass is 9.91. The SMILES string of the molecule is C1=CC(C2N=C(c3ccccc3)c3ccccc3N2)CC(n2c3ccccc3c3cc4sc5ccccc5c4cc32)=C1. The monoisotopic (exact) mass is 557 g/mol. The van der Waals surface area contributed by atoms with Crippen molar-refractivity contribution in [3.05, 3.63) is 145 Å². The normalized spacial score (nSPS) is 18.3. The number of para-hydroxylation sites is 2. The maximum absolute atomic E-state index is 5.34. The molecule has 0 saturated carbocycles. The van der Waals surface area contributed by atoms with E-state index in [2.05, 4.69) is 143 Å². The molecule has 0 amide bonds. The molecule has 4 heteroatoms. The molecular formula is C38H27N3S. The smallest absolute Gasteiger partial charge is 0.126 e. The zero-order valence-corrected chi connectivity index (χ0v) is 23.7. The molecule has 9 rings (SSSR count). The number of benzene rings is 5. The lowest BCUT2D eigenvalue weighted by Crippen LogP contribution is -2.33. The fourth-order valence-electron chi connectivity index (χ4n) is 6.81. The first-order valence-electron chi connectivity index (χ1n) is 14.5. The Kier molecular flexibility index (Phi) is 5.26. The van der Waals surface area contributed by atoms with E-state index >= 15 is 0 Å². The third kappa shape index (κ3) is 3.62. The van der Waals surface area contributed by atoms with Gasteiger partial charge in [0.1, 0.15) is 6.17 Å². The molecule has 5 aromatic carbocycles. The molecule has 2 atom stereocenters. The van der Waals surface area contributed by atoms with E-state index in [1.165, 1.54) is 47.7 Å². The summed E-state index contributed by atoms with van der Waals surface area (Å²) in [6.07, 6.45) is 7.66. The van der Waals surface area contributed by atoms with Crippen LogP contribution in [-0.4, -0.2) is 16.4 Å². The van der Waals surface area contributed by atoms with Gasteiger partial charge in [-0.15, -0.1) is 11.3 Å². The van der Waals surface area contributed by atoms with Crippen LogP contribution in [0.3, 0.4) is 0 Å². The summed E-state index contributed by atoms with van der Waals surface area (Å²) >= 11 is 1.88. The maximum Gasteiger partial charge on any atom is 0.126 e. The fourth-order valence-corrected chi connectivity index (χ4v) is 7.94. The zero-order valence-electron chi connectivity index (χ0n) is 22.9. The molecule has 7 aromatic rings. The lowest BCUT2D eigenvalue weighted by Gasteiger charge is -2.32. The van der Waals surface area contributed by atoms with Gasteiger partial charge in [-0.25, -0.2) is 0 Å². The Morgan fingerprint density at radius 1 is 0.690 bits per heavy atom. The van der Waals surface area contributed by atoms with Crippen molar-refractivity contribution in [2.75, 3.05) is 5.32 Å². The Morgan fingerprint density at radius 3 is 2.40 bits per heavy atom. The summed E-state index contributed by atoms with van der Waals surface area (Å²) < 4.78 is 5.17. The summed E-state index contributed by atoms with van der Waals surface area (Å²) in [7, 11) is 0. The van der Waals surface area contributed by atoms with Gasteiger partial charge < -0.3 is 9.88 Å². The summed E-state index contributed by atoms with van der Waals surface area (Å²) in [5, 5.41) is 9.05. The molecule has 200 valence electrons. The average Bonchev–Trinajstić information content (AvgIpc) is 3.58. The molecule has 1 aliphatic heterocycles. The first kappa shape index (κ1) is 23.7. The number of rotatable bonds is 3. The lowest BCUT2D eigenvalue weighted by molar-refractivity contribution is 0.549. The fraction of sp³-hybridized carbons (Fsp3) is 0.0789. The topological polar surface area (TPSA) is 29.3 Å². The van der Waals surface area contributed by atoms with Gasteiger partial charge in [-0.3, -0.25) is 4.99 Å². The van der Waals surface area contributed by atoms with E-state index in [9.17, 15) is 0 Å². The number of allylic oxidation sites excluding steroid dienone is 3. The molecule has 0 fully saturated rings. The quantitative estimate of drug-likeness (QED) is 0.230. The van der Waals surface area contributed by atoms with Gasteiger partial charge in [0.2, 0.25) is 0 Å². The van der Waals surface area contributed by atoms with Crippen molar-refractivity contribution < 1.29 is 0 Å². The van der Waals surface area contributed by atoms with Gasteiger partial charge in [0.05, 0.1) is 16.7 Å². The van der Waals surface area contributed by atoms with Crippen molar-refractivity contribution in [2.45, 2.75) is 12.6 Å². The third-order valence-electron chi connectivity index (χ3n) is 8.76. The summed E-state index contributed by atoms with van der Waals surface area (Å²) in [4.78, 5) is 5.34. The van der Waals surface area contributed by atoms with E-state index in [0.29, 0.717) is 0 Å². The number of hydrogen-bond acceptors (Lipinski definition) is 3. The van der Waals surface area contributed by atoms with Crippen LogP contribution in [0.5, 0.6) is 0 Å². The summed E-state index contributed by atoms with van der Waals surface area (Å²) in [5.74, 6) is 0.207. The number of thiophene rings is 1. The summed E-state index contributed by atoms with van der Waals surface area (Å²) in [6.45, 7) is 0. The first-order valence-corrected chi connectivity index (χ1v) is 15.3. The van der Waals surface area contributed by atoms with Crippen LogP contribution < -0.4 is 5.32 Å². The summed E-state index contributed by atoms with van der Waals surface area (Å²) in [6, 6.07) is 41.5. The van der Waals surface area contributed by atoms with Crippen LogP contribution in [0.25, 0.3) is 47.7 Å². The van der Waals surface area contributed by atoms with Crippen molar-refractivity contribution in [1.82, 2.24) is 4.57 Å². The van der Waals surface area contributed by atoms with Gasteiger partial charge in [0.25, 0.3) is 0 Å². The highest BCUT2D eigenvalue weighted by Crippen LogP contribution is 2.42. The number of hydrogen-bond donors (Lipinski definition) is 1. The number of anilines is 1. The zero-order chi connectivity index (χ0) is 27.6. The van der Waals surface area contributed by atoms with Crippen LogP contribution in [0.2, 0.25) is 0 Å². The molecule has 1 aliphatic carbocycles. The van der Waals surface area contributed by atoms with Crippen molar-refractivity contribution in [1.29, 1.82) is 0 Å². The first-order chi connectivity index (χ1) is 20.8. The van der Waals surface area contributed by atoms with Crippen molar-refractivity contribution >= 4 is 70.4 Å². The van der Waals surface area contributed by atoms with Crippen molar-refractivity contribution in [3.8, 4) is 0 Å². The van der Waals surface area contributed by atoms with E-state index in [1.807, 2.05) is 11.3 Å². The maximum atomic E-state index is 5.34. The van der Waals surface area contributed by atoms with Crippen LogP contribution >= 0.6 is 11.3 Å². The molecule has 1 N–H and O–H groups in total. The third-order valence-corrected chi connectivity index (χ3v) is 9.89. The van der Waals surface area contributed by atoms with E-state index < -0.39 is 0 Å². The number of nitrogens with zero attached hydrogens (tertiary/aromatic N) is 2. The van der Waals surface area contributed by atoms with Gasteiger partial charge in [-0.05, 0) is 42.8 Å². The molecule has 0 radical (unpaired) electrons. The van der Waals surface area contributed by atoms with Crippen LogP contribution in [0.15, 0.2) is 138 Å². The van der Waals surface area contributed by atoms with E-state index in [0.717, 1.165) is 28.9 Å². The Bertz CT molecular complexity index is 2260. The van der Waals surface area contributed by atoms with Gasteiger partial charge in [0, 0.05) is 59.4 Å². The number of nitrogens with one attached hydrogen (secondary N) is 1. The molecule has 42 heavy (non-hydrogen) atoms. The molecule has 2 unspecified atom stereocenters. The summed E-state index contributed by atoms with van der Waals surface area (Å²) in [5.41, 5.74) is 8.33. The number of aliphatic imine (C=N–C) groups is 1. The van der Waals surface area contributed by atoms with Crippen LogP contribution in [-0.2, 0) is 0 Å². The molecule has 3 nitrogen and oxygen atoms in total. The van der Waals surface area contributed by atoms with Gasteiger partial charge >= 0.3 is 0 Å². The van der Waals surface area contributed by atoms with Crippen molar-refractivity contribution in [2.24, 2.45) is 10.9 Å². The highest BCUT2D eigenvalue weighted by Gasteiger charge is 2.29. The van der Waals surface area contributed by atoms with Gasteiger partial charge in [0.15, 0.2) is 0 Å². The van der Waals surface area contributed by atoms with E-state index in [4.69, 9.17) is 4.99 Å². The second-order valence-electron chi connectivity index (χ2n) is 11.2. The molecular weight excluding hydrogens is 531 g/mol. The van der Waals surface area contributed by atoms with Gasteiger partial charge in [-0.2, -0.15) is 0 Å². The van der Waals surface area contributed by atoms with Crippen LogP contribution in [0.1, 0.15) is 17.5 Å². The molecule has 2 aromatic heterocycles. The molecule has 0 saturated heterocycles. The van der Waals surface area contributed by atoms with Crippen LogP contribution in [0, 0.1) is 5.92 Å². The number of fused-ring (bicyclic) bond motifs is 7. The standard InChI is InChI=1S/C38H27N3S/c1-2-11-24(12-3-1)37-29-17-4-7-18-32(29)39-38(40-37)25-13-10-14-26(21-25)41-33-19-8-5-15-27(33)30-23-36-31(22-34(30)41)28-16-6-9-20-35(28)42-36/h1-20,22-23,25,38-39H,21H2. The Balaban J connectivity index is 1.17. The molecule has 0 bridgehead atoms. The minimum absolute atomic E-state index is 0.0596. The number of aromatic nitrogens is 1. The van der Waals surface area contributed by atoms with Crippen LogP contribution in [0.4, 0.5) is 5.69 Å². The van der Waals surface area contributed by atoms with E-state index in [-0.39, 0.29) is 12.1 Å². The van der Waals surface area contributed by atoms with E-state index in [1.54, 1.807) is 0 Å². The molecule has 2 aliphatic rings. The second-order valence-corrected chi connectivity index (χ2v) is 12.3. The highest BCUT2D eigenvalue weighted by molar-refractivity contribution is 7.25. The Hall–Kier alpha value is -4.93. The minimum atomic E-state index is -0.0596. The predicted octanol–water partition coefficient (Wildman–Crippen LogP) is 9.87. The minimum Gasteiger partial charge on any atom is -0.363 e. The molecule has 0 spiro atoms. The Morgan fingerprint density at radius 2 is 1.48 bits per heavy atom. The Labute approximate surface area is 247 Å². The predicted molar refractivity (Wildman–Crippen MR) is 180 cm³/mol.